The van der Waals surface area contributed by atoms with Crippen molar-refractivity contribution in [3.8, 4) is 0 Å². The molecule has 0 bridgehead atoms. The summed E-state index contributed by atoms with van der Waals surface area (Å²) in [6.45, 7) is 0.563. The third-order valence-electron chi connectivity index (χ3n) is 6.13. The normalized spacial score (nSPS) is 21.2. The van der Waals surface area contributed by atoms with Gasteiger partial charge in [-0.1, -0.05) is 31.0 Å². The van der Waals surface area contributed by atoms with E-state index >= 15 is 0 Å². The van der Waals surface area contributed by atoms with E-state index in [1.54, 1.807) is 6.07 Å². The lowest BCUT2D eigenvalue weighted by Crippen LogP contribution is -2.51. The first-order valence-electron chi connectivity index (χ1n) is 9.47. The summed E-state index contributed by atoms with van der Waals surface area (Å²) in [7, 11) is 0. The summed E-state index contributed by atoms with van der Waals surface area (Å²) in [5.74, 6) is -1.38. The van der Waals surface area contributed by atoms with E-state index in [2.05, 4.69) is 5.32 Å². The molecule has 5 nitrogen and oxygen atoms in total. The second kappa shape index (κ2) is 7.73. The number of rotatable bonds is 5. The van der Waals surface area contributed by atoms with Gasteiger partial charge < -0.3 is 15.2 Å². The number of carbonyl (C=O) groups is 2. The van der Waals surface area contributed by atoms with Crippen molar-refractivity contribution in [3.05, 3.63) is 35.4 Å². The Hall–Kier alpha value is -2.09. The number of aliphatic carboxylic acids is 1. The highest BCUT2D eigenvalue weighted by molar-refractivity contribution is 5.89. The van der Waals surface area contributed by atoms with Gasteiger partial charge in [-0.3, -0.25) is 9.59 Å². The van der Waals surface area contributed by atoms with E-state index in [0.29, 0.717) is 44.5 Å². The Morgan fingerprint density at radius 2 is 1.75 bits per heavy atom. The quantitative estimate of drug-likeness (QED) is 0.795. The molecule has 1 aromatic carbocycles. The maximum Gasteiger partial charge on any atom is 0.416 e. The third kappa shape index (κ3) is 3.87. The average Bonchev–Trinajstić information content (AvgIpc) is 3.17. The molecule has 0 aromatic heterocycles. The van der Waals surface area contributed by atoms with E-state index in [9.17, 15) is 27.9 Å². The average molecular weight is 399 g/mol. The highest BCUT2D eigenvalue weighted by Gasteiger charge is 2.46. The summed E-state index contributed by atoms with van der Waals surface area (Å²) in [6.07, 6.45) is -1.53. The van der Waals surface area contributed by atoms with Crippen LogP contribution in [0.15, 0.2) is 24.3 Å². The first-order valence-corrected chi connectivity index (χ1v) is 9.47. The Morgan fingerprint density at radius 3 is 2.32 bits per heavy atom. The van der Waals surface area contributed by atoms with Crippen LogP contribution in [0, 0.1) is 5.41 Å². The van der Waals surface area contributed by atoms with Crippen molar-refractivity contribution >= 4 is 11.9 Å². The van der Waals surface area contributed by atoms with Crippen LogP contribution < -0.4 is 5.32 Å². The minimum atomic E-state index is -4.48. The molecule has 1 saturated heterocycles. The first-order chi connectivity index (χ1) is 13.2. The molecule has 1 aliphatic carbocycles. The zero-order chi connectivity index (χ0) is 20.4. The first kappa shape index (κ1) is 20.6. The number of carbonyl (C=O) groups excluding carboxylic acids is 1. The maximum absolute atomic E-state index is 13.1. The van der Waals surface area contributed by atoms with Gasteiger partial charge in [0, 0.05) is 19.8 Å². The lowest BCUT2D eigenvalue weighted by Gasteiger charge is -2.35. The number of ether oxygens (including phenoxy) is 1. The molecule has 2 aliphatic rings. The van der Waals surface area contributed by atoms with Gasteiger partial charge in [-0.2, -0.15) is 13.2 Å². The van der Waals surface area contributed by atoms with Crippen molar-refractivity contribution in [2.45, 2.75) is 50.1 Å². The Labute approximate surface area is 161 Å². The van der Waals surface area contributed by atoms with Gasteiger partial charge in [0.2, 0.25) is 5.91 Å². The van der Waals surface area contributed by atoms with Crippen molar-refractivity contribution < 1.29 is 32.6 Å². The van der Waals surface area contributed by atoms with Crippen LogP contribution in [0.3, 0.4) is 0 Å². The Kier molecular flexibility index (Phi) is 5.70. The standard InChI is InChI=1S/C20H24F3NO4/c21-20(22,23)15-5-3-4-14(12-15)19(6-1-2-7-19)16(25)24-13-18(17(26)27)8-10-28-11-9-18/h3-5,12H,1-2,6-11,13H2,(H,24,25)(H,26,27). The summed E-state index contributed by atoms with van der Waals surface area (Å²) in [5, 5.41) is 12.4. The number of amides is 1. The largest absolute Gasteiger partial charge is 0.481 e. The molecule has 1 aliphatic heterocycles. The molecule has 1 amide bonds. The number of carboxylic acid groups (broad SMARTS) is 1. The van der Waals surface area contributed by atoms with Crippen molar-refractivity contribution in [3.63, 3.8) is 0 Å². The molecule has 2 fully saturated rings. The van der Waals surface area contributed by atoms with Crippen LogP contribution in [0.4, 0.5) is 13.2 Å². The summed E-state index contributed by atoms with van der Waals surface area (Å²) < 4.78 is 44.6. The van der Waals surface area contributed by atoms with Crippen LogP contribution in [0.2, 0.25) is 0 Å². The van der Waals surface area contributed by atoms with Crippen molar-refractivity contribution in [1.29, 1.82) is 0 Å². The zero-order valence-corrected chi connectivity index (χ0v) is 15.5. The number of hydrogen-bond donors (Lipinski definition) is 2. The minimum Gasteiger partial charge on any atom is -0.481 e. The van der Waals surface area contributed by atoms with Gasteiger partial charge in [0.1, 0.15) is 0 Å². The Morgan fingerprint density at radius 1 is 1.11 bits per heavy atom. The van der Waals surface area contributed by atoms with E-state index in [1.807, 2.05) is 0 Å². The molecule has 0 radical (unpaired) electrons. The van der Waals surface area contributed by atoms with Gasteiger partial charge in [0.15, 0.2) is 0 Å². The fourth-order valence-corrected chi connectivity index (χ4v) is 4.27. The molecule has 1 saturated carbocycles. The zero-order valence-electron chi connectivity index (χ0n) is 15.5. The Bertz CT molecular complexity index is 735. The number of hydrogen-bond acceptors (Lipinski definition) is 3. The molecule has 0 unspecified atom stereocenters. The summed E-state index contributed by atoms with van der Waals surface area (Å²) in [5.41, 5.74) is -2.59. The molecular weight excluding hydrogens is 375 g/mol. The monoisotopic (exact) mass is 399 g/mol. The summed E-state index contributed by atoms with van der Waals surface area (Å²) in [4.78, 5) is 24.9. The lowest BCUT2D eigenvalue weighted by atomic mass is 9.76. The molecule has 1 aromatic rings. The fraction of sp³-hybridized carbons (Fsp3) is 0.600. The predicted molar refractivity (Wildman–Crippen MR) is 94.7 cm³/mol. The number of alkyl halides is 3. The topological polar surface area (TPSA) is 75.6 Å². The van der Waals surface area contributed by atoms with Crippen LogP contribution in [0.25, 0.3) is 0 Å². The predicted octanol–water partition coefficient (Wildman–Crippen LogP) is 3.51. The molecule has 0 atom stereocenters. The van der Waals surface area contributed by atoms with Crippen molar-refractivity contribution in [2.24, 2.45) is 5.41 Å². The summed E-state index contributed by atoms with van der Waals surface area (Å²) >= 11 is 0. The van der Waals surface area contributed by atoms with Gasteiger partial charge in [-0.15, -0.1) is 0 Å². The highest BCUT2D eigenvalue weighted by atomic mass is 19.4. The molecule has 1 heterocycles. The SMILES string of the molecule is O=C(O)C1(CNC(=O)C2(c3cccc(C(F)(F)F)c3)CCCC2)CCOCC1. The minimum absolute atomic E-state index is 0.0504. The van der Waals surface area contributed by atoms with E-state index in [1.165, 1.54) is 6.07 Å². The van der Waals surface area contributed by atoms with E-state index in [-0.39, 0.29) is 6.54 Å². The molecule has 154 valence electrons. The maximum atomic E-state index is 13.1. The third-order valence-corrected chi connectivity index (χ3v) is 6.13. The molecule has 3 rings (SSSR count). The van der Waals surface area contributed by atoms with Crippen LogP contribution in [-0.2, 0) is 25.9 Å². The molecule has 28 heavy (non-hydrogen) atoms. The van der Waals surface area contributed by atoms with E-state index in [4.69, 9.17) is 4.74 Å². The molecule has 0 spiro atoms. The van der Waals surface area contributed by atoms with Gasteiger partial charge >= 0.3 is 12.1 Å². The van der Waals surface area contributed by atoms with Gasteiger partial charge in [0.25, 0.3) is 0 Å². The Balaban J connectivity index is 1.84. The highest BCUT2D eigenvalue weighted by Crippen LogP contribution is 2.43. The number of halogens is 3. The smallest absolute Gasteiger partial charge is 0.416 e. The number of benzene rings is 1. The van der Waals surface area contributed by atoms with Gasteiger partial charge in [-0.25, -0.2) is 0 Å². The van der Waals surface area contributed by atoms with Crippen molar-refractivity contribution in [1.82, 2.24) is 5.32 Å². The molecule has 2 N–H and O–H groups in total. The van der Waals surface area contributed by atoms with Crippen LogP contribution >= 0.6 is 0 Å². The van der Waals surface area contributed by atoms with Crippen molar-refractivity contribution in [2.75, 3.05) is 19.8 Å². The second-order valence-electron chi connectivity index (χ2n) is 7.75. The van der Waals surface area contributed by atoms with Crippen LogP contribution in [0.5, 0.6) is 0 Å². The number of nitrogens with one attached hydrogen (secondary N) is 1. The number of carboxylic acids is 1. The van der Waals surface area contributed by atoms with E-state index < -0.39 is 34.4 Å². The van der Waals surface area contributed by atoms with E-state index in [0.717, 1.165) is 25.0 Å². The van der Waals surface area contributed by atoms with Gasteiger partial charge in [0.05, 0.1) is 16.4 Å². The molecule has 8 heteroatoms. The van der Waals surface area contributed by atoms with Gasteiger partial charge in [-0.05, 0) is 37.3 Å². The fourth-order valence-electron chi connectivity index (χ4n) is 4.27. The second-order valence-corrected chi connectivity index (χ2v) is 7.75. The van der Waals surface area contributed by atoms with Crippen LogP contribution in [-0.4, -0.2) is 36.7 Å². The lowest BCUT2D eigenvalue weighted by molar-refractivity contribution is -0.155. The summed E-state index contributed by atoms with van der Waals surface area (Å²) in [6, 6.07) is 4.92. The molecular formula is C20H24F3NO4. The van der Waals surface area contributed by atoms with Crippen LogP contribution in [0.1, 0.15) is 49.7 Å².